The Balaban J connectivity index is 2.15. The summed E-state index contributed by atoms with van der Waals surface area (Å²) in [5.74, 6) is 2.21. The van der Waals surface area contributed by atoms with Gasteiger partial charge in [0.2, 0.25) is 0 Å². The van der Waals surface area contributed by atoms with E-state index in [1.54, 1.807) is 0 Å². The standard InChI is InChI=1S/C19H29NO2S/c1-4-5-6-10-14-23-15-13-19(2,3)20-18(21)22-16-17-11-8-7-9-12-17/h4,7-9,11-12H,1,5-6,10,13-16H2,2-3H3,(H,20,21). The first-order chi connectivity index (χ1) is 11.0. The van der Waals surface area contributed by atoms with E-state index < -0.39 is 0 Å². The van der Waals surface area contributed by atoms with Crippen LogP contribution >= 0.6 is 11.8 Å². The molecular weight excluding hydrogens is 306 g/mol. The summed E-state index contributed by atoms with van der Waals surface area (Å²) in [4.78, 5) is 11.9. The molecule has 0 aliphatic heterocycles. The van der Waals surface area contributed by atoms with Gasteiger partial charge >= 0.3 is 6.09 Å². The van der Waals surface area contributed by atoms with Crippen molar-refractivity contribution in [3.63, 3.8) is 0 Å². The fourth-order valence-corrected chi connectivity index (χ4v) is 3.29. The summed E-state index contributed by atoms with van der Waals surface area (Å²) in [6, 6.07) is 9.71. The van der Waals surface area contributed by atoms with Crippen LogP contribution in [0.25, 0.3) is 0 Å². The van der Waals surface area contributed by atoms with Crippen molar-refractivity contribution in [1.29, 1.82) is 0 Å². The number of nitrogens with one attached hydrogen (secondary N) is 1. The molecule has 0 spiro atoms. The van der Waals surface area contributed by atoms with Crippen LogP contribution in [0.3, 0.4) is 0 Å². The summed E-state index contributed by atoms with van der Waals surface area (Å²) in [7, 11) is 0. The predicted molar refractivity (Wildman–Crippen MR) is 99.8 cm³/mol. The van der Waals surface area contributed by atoms with E-state index in [1.165, 1.54) is 18.6 Å². The largest absolute Gasteiger partial charge is 0.445 e. The zero-order valence-electron chi connectivity index (χ0n) is 14.3. The summed E-state index contributed by atoms with van der Waals surface area (Å²) in [5.41, 5.74) is 0.748. The normalized spacial score (nSPS) is 11.0. The number of carbonyl (C=O) groups excluding carboxylic acids is 1. The molecule has 23 heavy (non-hydrogen) atoms. The van der Waals surface area contributed by atoms with E-state index in [9.17, 15) is 4.79 Å². The Morgan fingerprint density at radius 1 is 1.26 bits per heavy atom. The van der Waals surface area contributed by atoms with Crippen LogP contribution in [0, 0.1) is 0 Å². The number of carbonyl (C=O) groups is 1. The van der Waals surface area contributed by atoms with Gasteiger partial charge in [-0.25, -0.2) is 4.79 Å². The molecule has 0 aliphatic rings. The lowest BCUT2D eigenvalue weighted by Crippen LogP contribution is -2.44. The van der Waals surface area contributed by atoms with Gasteiger partial charge < -0.3 is 10.1 Å². The van der Waals surface area contributed by atoms with Gasteiger partial charge in [0, 0.05) is 5.54 Å². The number of unbranched alkanes of at least 4 members (excludes halogenated alkanes) is 2. The quantitative estimate of drug-likeness (QED) is 0.448. The Hall–Kier alpha value is -1.42. The molecule has 4 heteroatoms. The van der Waals surface area contributed by atoms with E-state index in [0.717, 1.165) is 24.2 Å². The van der Waals surface area contributed by atoms with Gasteiger partial charge in [-0.1, -0.05) is 36.4 Å². The van der Waals surface area contributed by atoms with Gasteiger partial charge in [-0.05, 0) is 56.6 Å². The number of hydrogen-bond acceptors (Lipinski definition) is 3. The fourth-order valence-electron chi connectivity index (χ4n) is 2.02. The third-order valence-electron chi connectivity index (χ3n) is 3.47. The smallest absolute Gasteiger partial charge is 0.407 e. The zero-order valence-corrected chi connectivity index (χ0v) is 15.2. The SMILES string of the molecule is C=CCCCCSCCC(C)(C)NC(=O)OCc1ccccc1. The Morgan fingerprint density at radius 2 is 2.00 bits per heavy atom. The molecule has 0 saturated carbocycles. The first kappa shape index (κ1) is 19.6. The van der Waals surface area contributed by atoms with Crippen LogP contribution in [0.2, 0.25) is 0 Å². The van der Waals surface area contributed by atoms with Crippen molar-refractivity contribution in [2.75, 3.05) is 11.5 Å². The summed E-state index contributed by atoms with van der Waals surface area (Å²) < 4.78 is 5.27. The number of benzene rings is 1. The highest BCUT2D eigenvalue weighted by Crippen LogP contribution is 2.15. The molecule has 0 bridgehead atoms. The molecule has 0 radical (unpaired) electrons. The van der Waals surface area contributed by atoms with E-state index in [1.807, 2.05) is 62.0 Å². The predicted octanol–water partition coefficient (Wildman–Crippen LogP) is 5.17. The van der Waals surface area contributed by atoms with Crippen LogP contribution in [0.4, 0.5) is 4.79 Å². The molecule has 0 heterocycles. The molecule has 1 aromatic rings. The van der Waals surface area contributed by atoms with Gasteiger partial charge in [0.05, 0.1) is 0 Å². The summed E-state index contributed by atoms with van der Waals surface area (Å²) >= 11 is 1.94. The average molecular weight is 336 g/mol. The van der Waals surface area contributed by atoms with E-state index in [-0.39, 0.29) is 11.6 Å². The maximum absolute atomic E-state index is 11.9. The zero-order chi connectivity index (χ0) is 17.0. The third kappa shape index (κ3) is 10.1. The minimum absolute atomic E-state index is 0.248. The van der Waals surface area contributed by atoms with E-state index in [4.69, 9.17) is 4.74 Å². The molecule has 1 aromatic carbocycles. The molecular formula is C19H29NO2S. The van der Waals surface area contributed by atoms with Gasteiger partial charge in [0.15, 0.2) is 0 Å². The molecule has 1 rings (SSSR count). The minimum Gasteiger partial charge on any atom is -0.445 e. The number of rotatable bonds is 11. The maximum Gasteiger partial charge on any atom is 0.407 e. The Bertz CT molecular complexity index is 460. The second-order valence-electron chi connectivity index (χ2n) is 6.22. The number of thioether (sulfide) groups is 1. The van der Waals surface area contributed by atoms with Crippen molar-refractivity contribution in [1.82, 2.24) is 5.32 Å². The Kier molecular flexibility index (Phi) is 9.53. The summed E-state index contributed by atoms with van der Waals surface area (Å²) in [6.07, 6.45) is 6.09. The minimum atomic E-state index is -0.352. The van der Waals surface area contributed by atoms with Crippen molar-refractivity contribution < 1.29 is 9.53 Å². The van der Waals surface area contributed by atoms with Gasteiger partial charge in [-0.2, -0.15) is 11.8 Å². The number of amides is 1. The van der Waals surface area contributed by atoms with Crippen LogP contribution in [0.5, 0.6) is 0 Å². The fraction of sp³-hybridized carbons (Fsp3) is 0.526. The lowest BCUT2D eigenvalue weighted by molar-refractivity contribution is 0.129. The van der Waals surface area contributed by atoms with Crippen molar-refractivity contribution in [3.05, 3.63) is 48.6 Å². The molecule has 0 aromatic heterocycles. The Morgan fingerprint density at radius 3 is 2.70 bits per heavy atom. The second kappa shape index (κ2) is 11.2. The highest BCUT2D eigenvalue weighted by atomic mass is 32.2. The first-order valence-corrected chi connectivity index (χ1v) is 9.36. The van der Waals surface area contributed by atoms with Crippen LogP contribution in [-0.4, -0.2) is 23.1 Å². The van der Waals surface area contributed by atoms with E-state index in [2.05, 4.69) is 11.9 Å². The molecule has 1 amide bonds. The molecule has 1 N–H and O–H groups in total. The van der Waals surface area contributed by atoms with Crippen LogP contribution in [0.15, 0.2) is 43.0 Å². The van der Waals surface area contributed by atoms with Crippen molar-refractivity contribution in [2.45, 2.75) is 51.7 Å². The second-order valence-corrected chi connectivity index (χ2v) is 7.44. The first-order valence-electron chi connectivity index (χ1n) is 8.21. The maximum atomic E-state index is 11.9. The third-order valence-corrected chi connectivity index (χ3v) is 4.54. The van der Waals surface area contributed by atoms with Gasteiger partial charge in [-0.15, -0.1) is 6.58 Å². The highest BCUT2D eigenvalue weighted by molar-refractivity contribution is 7.99. The number of ether oxygens (including phenoxy) is 1. The molecule has 0 unspecified atom stereocenters. The number of allylic oxidation sites excluding steroid dienone is 1. The van der Waals surface area contributed by atoms with Crippen molar-refractivity contribution in [2.24, 2.45) is 0 Å². The number of alkyl carbamates (subject to hydrolysis) is 1. The topological polar surface area (TPSA) is 38.3 Å². The van der Waals surface area contributed by atoms with Crippen LogP contribution in [-0.2, 0) is 11.3 Å². The average Bonchev–Trinajstić information content (AvgIpc) is 2.52. The van der Waals surface area contributed by atoms with Gasteiger partial charge in [-0.3, -0.25) is 0 Å². The summed E-state index contributed by atoms with van der Waals surface area (Å²) in [5, 5.41) is 2.95. The molecule has 3 nitrogen and oxygen atoms in total. The highest BCUT2D eigenvalue weighted by Gasteiger charge is 2.20. The van der Waals surface area contributed by atoms with Crippen LogP contribution < -0.4 is 5.32 Å². The van der Waals surface area contributed by atoms with Crippen molar-refractivity contribution >= 4 is 17.9 Å². The lowest BCUT2D eigenvalue weighted by atomic mass is 10.0. The number of hydrogen-bond donors (Lipinski definition) is 1. The van der Waals surface area contributed by atoms with Crippen molar-refractivity contribution in [3.8, 4) is 0 Å². The van der Waals surface area contributed by atoms with E-state index in [0.29, 0.717) is 6.61 Å². The van der Waals surface area contributed by atoms with Crippen LogP contribution in [0.1, 0.15) is 45.1 Å². The monoisotopic (exact) mass is 335 g/mol. The summed E-state index contributed by atoms with van der Waals surface area (Å²) in [6.45, 7) is 8.11. The van der Waals surface area contributed by atoms with Gasteiger partial charge in [0.1, 0.15) is 6.61 Å². The van der Waals surface area contributed by atoms with E-state index >= 15 is 0 Å². The molecule has 0 aliphatic carbocycles. The van der Waals surface area contributed by atoms with Gasteiger partial charge in [0.25, 0.3) is 0 Å². The lowest BCUT2D eigenvalue weighted by Gasteiger charge is -2.25. The molecule has 0 fully saturated rings. The molecule has 0 saturated heterocycles. The Labute approximate surface area is 144 Å². The molecule has 128 valence electrons. The molecule has 0 atom stereocenters.